The van der Waals surface area contributed by atoms with Gasteiger partial charge >= 0.3 is 0 Å². The van der Waals surface area contributed by atoms with Crippen molar-refractivity contribution >= 4 is 41.3 Å². The van der Waals surface area contributed by atoms with Gasteiger partial charge in [0.1, 0.15) is 10.8 Å². The van der Waals surface area contributed by atoms with Gasteiger partial charge in [0, 0.05) is 24.0 Å². The van der Waals surface area contributed by atoms with Gasteiger partial charge in [0.15, 0.2) is 5.96 Å². The molecule has 1 saturated heterocycles. The molecule has 8 heteroatoms. The number of aliphatic imine (C=N–C) groups is 1. The number of aromatic nitrogens is 1. The van der Waals surface area contributed by atoms with Crippen molar-refractivity contribution in [2.75, 3.05) is 33.4 Å². The second-order valence-electron chi connectivity index (χ2n) is 5.15. The molecule has 6 nitrogen and oxygen atoms in total. The third-order valence-electron chi connectivity index (χ3n) is 3.63. The zero-order valence-electron chi connectivity index (χ0n) is 13.5. The second kappa shape index (κ2) is 9.19. The van der Waals surface area contributed by atoms with Crippen molar-refractivity contribution in [3.05, 3.63) is 35.3 Å². The van der Waals surface area contributed by atoms with Gasteiger partial charge in [-0.3, -0.25) is 0 Å². The Morgan fingerprint density at radius 2 is 2.04 bits per heavy atom. The van der Waals surface area contributed by atoms with Crippen LogP contribution in [0.2, 0.25) is 0 Å². The number of nitrogens with zero attached hydrogens (tertiary/aromatic N) is 3. The van der Waals surface area contributed by atoms with Crippen molar-refractivity contribution in [1.29, 1.82) is 0 Å². The van der Waals surface area contributed by atoms with E-state index in [9.17, 15) is 0 Å². The maximum absolute atomic E-state index is 6.03. The van der Waals surface area contributed by atoms with E-state index in [1.807, 2.05) is 34.5 Å². The summed E-state index contributed by atoms with van der Waals surface area (Å²) in [5, 5.41) is 3.00. The zero-order chi connectivity index (χ0) is 16.1. The number of methoxy groups -OCH3 is 1. The lowest BCUT2D eigenvalue weighted by Crippen LogP contribution is -2.44. The van der Waals surface area contributed by atoms with Crippen LogP contribution < -0.4 is 10.5 Å². The van der Waals surface area contributed by atoms with Crippen molar-refractivity contribution in [3.8, 4) is 16.3 Å². The van der Waals surface area contributed by atoms with Crippen molar-refractivity contribution in [3.63, 3.8) is 0 Å². The van der Waals surface area contributed by atoms with Gasteiger partial charge in [-0.1, -0.05) is 0 Å². The van der Waals surface area contributed by atoms with Gasteiger partial charge in [0.2, 0.25) is 0 Å². The molecule has 0 radical (unpaired) electrons. The average molecular weight is 460 g/mol. The highest BCUT2D eigenvalue weighted by Gasteiger charge is 2.12. The molecule has 0 aliphatic carbocycles. The summed E-state index contributed by atoms with van der Waals surface area (Å²) >= 11 is 1.61. The minimum absolute atomic E-state index is 0. The lowest BCUT2D eigenvalue weighted by molar-refractivity contribution is 0.0674. The van der Waals surface area contributed by atoms with Crippen LogP contribution in [0.5, 0.6) is 5.75 Å². The van der Waals surface area contributed by atoms with Crippen LogP contribution >= 0.6 is 35.3 Å². The molecular weight excluding hydrogens is 439 g/mol. The molecule has 0 bridgehead atoms. The molecule has 0 atom stereocenters. The number of ether oxygens (including phenoxy) is 2. The number of nitrogens with two attached hydrogens (primary N) is 1. The van der Waals surface area contributed by atoms with Crippen molar-refractivity contribution < 1.29 is 9.47 Å². The van der Waals surface area contributed by atoms with E-state index in [1.54, 1.807) is 18.4 Å². The number of thiazole rings is 1. The Hall–Kier alpha value is -1.39. The van der Waals surface area contributed by atoms with Crippen LogP contribution in [0.3, 0.4) is 0 Å². The van der Waals surface area contributed by atoms with Crippen LogP contribution in [0.4, 0.5) is 0 Å². The molecule has 1 aliphatic heterocycles. The monoisotopic (exact) mass is 460 g/mol. The SMILES string of the molecule is COc1ccc(-c2nc(CN=C(N)N3CCOCC3)cs2)cc1.I. The van der Waals surface area contributed by atoms with Gasteiger partial charge in [0.05, 0.1) is 32.6 Å². The molecule has 1 fully saturated rings. The fourth-order valence-electron chi connectivity index (χ4n) is 2.30. The average Bonchev–Trinajstić information content (AvgIpc) is 3.09. The van der Waals surface area contributed by atoms with Crippen LogP contribution in [0, 0.1) is 0 Å². The fourth-order valence-corrected chi connectivity index (χ4v) is 3.12. The lowest BCUT2D eigenvalue weighted by Gasteiger charge is -2.27. The quantitative estimate of drug-likeness (QED) is 0.432. The molecule has 1 aromatic carbocycles. The van der Waals surface area contributed by atoms with E-state index in [4.69, 9.17) is 15.2 Å². The topological polar surface area (TPSA) is 73.0 Å². The minimum Gasteiger partial charge on any atom is -0.497 e. The second-order valence-corrected chi connectivity index (χ2v) is 6.00. The molecule has 2 aromatic rings. The van der Waals surface area contributed by atoms with E-state index in [0.29, 0.717) is 25.7 Å². The highest BCUT2D eigenvalue weighted by molar-refractivity contribution is 14.0. The van der Waals surface area contributed by atoms with Gasteiger partial charge in [-0.2, -0.15) is 0 Å². The van der Waals surface area contributed by atoms with Gasteiger partial charge in [-0.05, 0) is 24.3 Å². The summed E-state index contributed by atoms with van der Waals surface area (Å²) in [4.78, 5) is 11.1. The summed E-state index contributed by atoms with van der Waals surface area (Å²) in [6, 6.07) is 7.88. The Balaban J connectivity index is 0.00000208. The molecule has 0 saturated carbocycles. The first kappa shape index (κ1) is 18.9. The number of morpholine rings is 1. The normalized spacial score (nSPS) is 15.0. The van der Waals surface area contributed by atoms with Crippen LogP contribution in [-0.2, 0) is 11.3 Å². The molecule has 1 aliphatic rings. The number of hydrogen-bond acceptors (Lipinski definition) is 5. The van der Waals surface area contributed by atoms with Crippen molar-refractivity contribution in [2.45, 2.75) is 6.54 Å². The molecule has 0 amide bonds. The van der Waals surface area contributed by atoms with Crippen molar-refractivity contribution in [2.24, 2.45) is 10.7 Å². The smallest absolute Gasteiger partial charge is 0.191 e. The van der Waals surface area contributed by atoms with Crippen LogP contribution in [0.1, 0.15) is 5.69 Å². The lowest BCUT2D eigenvalue weighted by atomic mass is 10.2. The van der Waals surface area contributed by atoms with Gasteiger partial charge in [0.25, 0.3) is 0 Å². The summed E-state index contributed by atoms with van der Waals surface area (Å²) in [6.07, 6.45) is 0. The number of guanidine groups is 1. The molecule has 0 unspecified atom stereocenters. The van der Waals surface area contributed by atoms with Gasteiger partial charge < -0.3 is 20.1 Å². The van der Waals surface area contributed by atoms with Crippen molar-refractivity contribution in [1.82, 2.24) is 9.88 Å². The third-order valence-corrected chi connectivity index (χ3v) is 4.57. The fraction of sp³-hybridized carbons (Fsp3) is 0.375. The highest BCUT2D eigenvalue weighted by atomic mass is 127. The first-order chi connectivity index (χ1) is 11.3. The van der Waals surface area contributed by atoms with Crippen LogP contribution in [0.15, 0.2) is 34.6 Å². The molecular formula is C16H21IN4O2S. The maximum atomic E-state index is 6.03. The number of hydrogen-bond donors (Lipinski definition) is 1. The van der Waals surface area contributed by atoms with E-state index in [0.717, 1.165) is 35.1 Å². The molecule has 1 aromatic heterocycles. The molecule has 2 heterocycles. The predicted molar refractivity (Wildman–Crippen MR) is 107 cm³/mol. The number of halogens is 1. The van der Waals surface area contributed by atoms with Gasteiger partial charge in [-0.25, -0.2) is 9.98 Å². The van der Waals surface area contributed by atoms with E-state index in [1.165, 1.54) is 0 Å². The first-order valence-corrected chi connectivity index (χ1v) is 8.35. The standard InChI is InChI=1S/C16H20N4O2S.HI/c1-21-14-4-2-12(3-5-14)15-19-13(11-23-15)10-18-16(17)20-6-8-22-9-7-20;/h2-5,11H,6-10H2,1H3,(H2,17,18);1H. The molecule has 24 heavy (non-hydrogen) atoms. The largest absolute Gasteiger partial charge is 0.497 e. The summed E-state index contributed by atoms with van der Waals surface area (Å²) < 4.78 is 10.5. The third kappa shape index (κ3) is 4.81. The molecule has 3 rings (SSSR count). The van der Waals surface area contributed by atoms with E-state index < -0.39 is 0 Å². The van der Waals surface area contributed by atoms with Crippen LogP contribution in [0.25, 0.3) is 10.6 Å². The zero-order valence-corrected chi connectivity index (χ0v) is 16.6. The highest BCUT2D eigenvalue weighted by Crippen LogP contribution is 2.25. The Morgan fingerprint density at radius 1 is 1.33 bits per heavy atom. The number of benzene rings is 1. The first-order valence-electron chi connectivity index (χ1n) is 7.47. The summed E-state index contributed by atoms with van der Waals surface area (Å²) in [6.45, 7) is 3.49. The summed E-state index contributed by atoms with van der Waals surface area (Å²) in [5.41, 5.74) is 8.03. The predicted octanol–water partition coefficient (Wildman–Crippen LogP) is 2.58. The number of rotatable bonds is 4. The van der Waals surface area contributed by atoms with E-state index in [2.05, 4.69) is 9.98 Å². The Labute approximate surface area is 162 Å². The van der Waals surface area contributed by atoms with Crippen LogP contribution in [-0.4, -0.2) is 49.3 Å². The Morgan fingerprint density at radius 3 is 2.71 bits per heavy atom. The minimum atomic E-state index is 0. The summed E-state index contributed by atoms with van der Waals surface area (Å²) in [7, 11) is 1.66. The molecule has 130 valence electrons. The maximum Gasteiger partial charge on any atom is 0.191 e. The Bertz CT molecular complexity index is 669. The Kier molecular flexibility index (Phi) is 7.25. The molecule has 0 spiro atoms. The van der Waals surface area contributed by atoms with Gasteiger partial charge in [-0.15, -0.1) is 35.3 Å². The van der Waals surface area contributed by atoms with E-state index in [-0.39, 0.29) is 24.0 Å². The molecule has 2 N–H and O–H groups in total. The van der Waals surface area contributed by atoms with E-state index >= 15 is 0 Å². The summed E-state index contributed by atoms with van der Waals surface area (Å²) in [5.74, 6) is 1.40.